The molecule has 4 aromatic rings. The van der Waals surface area contributed by atoms with Crippen molar-refractivity contribution in [3.8, 4) is 28.4 Å². The minimum Gasteiger partial charge on any atom is -0.480 e. The summed E-state index contributed by atoms with van der Waals surface area (Å²) in [6, 6.07) is 9.40. The van der Waals surface area contributed by atoms with Crippen molar-refractivity contribution in [1.82, 2.24) is 24.5 Å². The number of benzene rings is 1. The Morgan fingerprint density at radius 1 is 1.11 bits per heavy atom. The van der Waals surface area contributed by atoms with Gasteiger partial charge in [-0.05, 0) is 38.3 Å². The van der Waals surface area contributed by atoms with E-state index >= 15 is 0 Å². The number of imidazole rings is 1. The molecule has 1 fully saturated rings. The van der Waals surface area contributed by atoms with Crippen LogP contribution in [0.15, 0.2) is 49.1 Å². The minimum atomic E-state index is -4.48. The monoisotopic (exact) mass is 481 g/mol. The highest BCUT2D eigenvalue weighted by atomic mass is 19.4. The Kier molecular flexibility index (Phi) is 5.86. The number of alkyl halides is 3. The van der Waals surface area contributed by atoms with Gasteiger partial charge in [0.25, 0.3) is 0 Å². The van der Waals surface area contributed by atoms with Crippen LogP contribution in [0.2, 0.25) is 0 Å². The number of H-pyrrole nitrogens is 1. The SMILES string of the molecule is COc1ncnc(C2CC2)c1-c1c[nH]c(Cc2ccc(-c3nc(C(F)(F)F)cn3C(C)C)cc2)c1. The zero-order valence-corrected chi connectivity index (χ0v) is 19.7. The fraction of sp³-hybridized carbons (Fsp3) is 0.346. The molecule has 35 heavy (non-hydrogen) atoms. The van der Waals surface area contributed by atoms with Crippen LogP contribution in [-0.4, -0.2) is 31.6 Å². The maximum atomic E-state index is 13.2. The Morgan fingerprint density at radius 3 is 2.49 bits per heavy atom. The van der Waals surface area contributed by atoms with Gasteiger partial charge in [0.1, 0.15) is 12.2 Å². The van der Waals surface area contributed by atoms with E-state index in [1.807, 2.05) is 44.3 Å². The van der Waals surface area contributed by atoms with Gasteiger partial charge in [-0.25, -0.2) is 15.0 Å². The van der Waals surface area contributed by atoms with E-state index in [0.29, 0.717) is 29.6 Å². The largest absolute Gasteiger partial charge is 0.480 e. The van der Waals surface area contributed by atoms with Crippen molar-refractivity contribution in [2.45, 2.75) is 51.2 Å². The van der Waals surface area contributed by atoms with E-state index in [-0.39, 0.29) is 6.04 Å². The number of methoxy groups -OCH3 is 1. The molecule has 0 aliphatic heterocycles. The van der Waals surface area contributed by atoms with Crippen LogP contribution in [0.3, 0.4) is 0 Å². The number of halogens is 3. The van der Waals surface area contributed by atoms with Crippen LogP contribution in [0, 0.1) is 0 Å². The molecule has 9 heteroatoms. The van der Waals surface area contributed by atoms with Crippen molar-refractivity contribution in [1.29, 1.82) is 0 Å². The first kappa shape index (κ1) is 23.1. The fourth-order valence-corrected chi connectivity index (χ4v) is 4.29. The summed E-state index contributed by atoms with van der Waals surface area (Å²) in [5.74, 6) is 1.32. The lowest BCUT2D eigenvalue weighted by atomic mass is 10.0. The highest BCUT2D eigenvalue weighted by Crippen LogP contribution is 2.45. The van der Waals surface area contributed by atoms with Crippen molar-refractivity contribution in [2.24, 2.45) is 0 Å². The molecule has 0 spiro atoms. The predicted octanol–water partition coefficient (Wildman–Crippen LogP) is 6.41. The molecule has 1 aliphatic carbocycles. The van der Waals surface area contributed by atoms with Gasteiger partial charge in [0.2, 0.25) is 5.88 Å². The molecule has 6 nitrogen and oxygen atoms in total. The highest BCUT2D eigenvalue weighted by molar-refractivity contribution is 5.72. The lowest BCUT2D eigenvalue weighted by Gasteiger charge is -2.11. The van der Waals surface area contributed by atoms with E-state index in [2.05, 4.69) is 26.0 Å². The maximum Gasteiger partial charge on any atom is 0.434 e. The van der Waals surface area contributed by atoms with Gasteiger partial charge in [-0.2, -0.15) is 13.2 Å². The van der Waals surface area contributed by atoms with Crippen LogP contribution >= 0.6 is 0 Å². The van der Waals surface area contributed by atoms with Gasteiger partial charge in [-0.3, -0.25) is 0 Å². The van der Waals surface area contributed by atoms with Crippen LogP contribution in [0.4, 0.5) is 13.2 Å². The van der Waals surface area contributed by atoms with Crippen molar-refractivity contribution >= 4 is 0 Å². The molecule has 0 saturated heterocycles. The quantitative estimate of drug-likeness (QED) is 0.331. The zero-order valence-electron chi connectivity index (χ0n) is 19.7. The van der Waals surface area contributed by atoms with Crippen LogP contribution in [0.25, 0.3) is 22.5 Å². The third-order valence-corrected chi connectivity index (χ3v) is 6.22. The fourth-order valence-electron chi connectivity index (χ4n) is 4.29. The predicted molar refractivity (Wildman–Crippen MR) is 126 cm³/mol. The molecule has 182 valence electrons. The summed E-state index contributed by atoms with van der Waals surface area (Å²) in [5, 5.41) is 0. The number of hydrogen-bond acceptors (Lipinski definition) is 4. The topological polar surface area (TPSA) is 68.6 Å². The molecule has 0 atom stereocenters. The molecule has 1 N–H and O–H groups in total. The highest BCUT2D eigenvalue weighted by Gasteiger charge is 2.35. The molecule has 3 aromatic heterocycles. The standard InChI is InChI=1S/C26H26F3N5O/c1-15(2)34-13-21(26(27,28)29)33-24(34)18-6-4-16(5-7-18)10-20-11-19(12-30-20)22-23(17-8-9-17)31-14-32-25(22)35-3/h4-7,11-15,17,30H,8-10H2,1-3H3. The molecule has 0 unspecified atom stereocenters. The molecule has 1 aromatic carbocycles. The molecule has 1 saturated carbocycles. The lowest BCUT2D eigenvalue weighted by Crippen LogP contribution is -2.05. The minimum absolute atomic E-state index is 0.148. The number of hydrogen-bond donors (Lipinski definition) is 1. The Labute approximate surface area is 201 Å². The molecular formula is C26H26F3N5O. The summed E-state index contributed by atoms with van der Waals surface area (Å²) in [6.07, 6.45) is 2.97. The summed E-state index contributed by atoms with van der Waals surface area (Å²) in [6.45, 7) is 3.67. The van der Waals surface area contributed by atoms with Gasteiger partial charge in [0.15, 0.2) is 5.69 Å². The van der Waals surface area contributed by atoms with E-state index in [0.717, 1.165) is 47.1 Å². The van der Waals surface area contributed by atoms with Crippen molar-refractivity contribution in [3.63, 3.8) is 0 Å². The molecular weight excluding hydrogens is 455 g/mol. The van der Waals surface area contributed by atoms with Crippen LogP contribution in [-0.2, 0) is 12.6 Å². The van der Waals surface area contributed by atoms with Crippen LogP contribution in [0.5, 0.6) is 5.88 Å². The smallest absolute Gasteiger partial charge is 0.434 e. The first-order chi connectivity index (χ1) is 16.7. The summed E-state index contributed by atoms with van der Waals surface area (Å²) in [5.41, 5.74) is 4.72. The van der Waals surface area contributed by atoms with Crippen molar-refractivity contribution < 1.29 is 17.9 Å². The van der Waals surface area contributed by atoms with Crippen LogP contribution < -0.4 is 4.74 Å². The first-order valence-electron chi connectivity index (χ1n) is 11.6. The lowest BCUT2D eigenvalue weighted by molar-refractivity contribution is -0.140. The number of nitrogens with one attached hydrogen (secondary N) is 1. The Bertz CT molecular complexity index is 1330. The Hall–Kier alpha value is -3.62. The van der Waals surface area contributed by atoms with E-state index in [4.69, 9.17) is 4.74 Å². The number of rotatable bonds is 7. The van der Waals surface area contributed by atoms with Gasteiger partial charge in [-0.1, -0.05) is 24.3 Å². The number of nitrogens with zero attached hydrogens (tertiary/aromatic N) is 4. The van der Waals surface area contributed by atoms with Crippen molar-refractivity contribution in [2.75, 3.05) is 7.11 Å². The zero-order chi connectivity index (χ0) is 24.7. The maximum absolute atomic E-state index is 13.2. The van der Waals surface area contributed by atoms with E-state index in [1.54, 1.807) is 18.0 Å². The molecule has 0 bridgehead atoms. The van der Waals surface area contributed by atoms with Gasteiger partial charge >= 0.3 is 6.18 Å². The first-order valence-corrected chi connectivity index (χ1v) is 11.6. The van der Waals surface area contributed by atoms with Crippen LogP contribution in [0.1, 0.15) is 61.3 Å². The normalized spacial score (nSPS) is 14.0. The molecule has 3 heterocycles. The average molecular weight is 482 g/mol. The molecule has 0 amide bonds. The molecule has 1 aliphatic rings. The summed E-state index contributed by atoms with van der Waals surface area (Å²) < 4.78 is 46.7. The Balaban J connectivity index is 1.39. The van der Waals surface area contributed by atoms with Gasteiger partial charge < -0.3 is 14.3 Å². The van der Waals surface area contributed by atoms with E-state index in [1.165, 1.54) is 0 Å². The summed E-state index contributed by atoms with van der Waals surface area (Å²) >= 11 is 0. The Morgan fingerprint density at radius 2 is 1.86 bits per heavy atom. The summed E-state index contributed by atoms with van der Waals surface area (Å²) in [7, 11) is 1.61. The number of ether oxygens (including phenoxy) is 1. The number of aromatic nitrogens is 5. The third-order valence-electron chi connectivity index (χ3n) is 6.22. The van der Waals surface area contributed by atoms with Gasteiger partial charge in [0.05, 0.1) is 18.4 Å². The third kappa shape index (κ3) is 4.67. The number of aromatic amines is 1. The molecule has 0 radical (unpaired) electrons. The van der Waals surface area contributed by atoms with E-state index < -0.39 is 11.9 Å². The summed E-state index contributed by atoms with van der Waals surface area (Å²) in [4.78, 5) is 16.0. The van der Waals surface area contributed by atoms with E-state index in [9.17, 15) is 13.2 Å². The van der Waals surface area contributed by atoms with Crippen molar-refractivity contribution in [3.05, 3.63) is 71.7 Å². The average Bonchev–Trinajstić information content (AvgIpc) is 3.39. The second kappa shape index (κ2) is 8.87. The van der Waals surface area contributed by atoms with Gasteiger partial charge in [0, 0.05) is 47.6 Å². The second-order valence-corrected chi connectivity index (χ2v) is 9.15. The molecule has 5 rings (SSSR count). The second-order valence-electron chi connectivity index (χ2n) is 9.15. The van der Waals surface area contributed by atoms with Gasteiger partial charge in [-0.15, -0.1) is 0 Å².